The Morgan fingerprint density at radius 3 is 2.73 bits per heavy atom. The zero-order chi connectivity index (χ0) is 23.4. The van der Waals surface area contributed by atoms with E-state index in [1.807, 2.05) is 23.3 Å². The first-order valence-electron chi connectivity index (χ1n) is 11.1. The molecule has 1 fully saturated rings. The van der Waals surface area contributed by atoms with Crippen molar-refractivity contribution in [3.63, 3.8) is 0 Å². The number of nitriles is 1. The van der Waals surface area contributed by atoms with Crippen LogP contribution in [-0.4, -0.2) is 42.3 Å². The van der Waals surface area contributed by atoms with Crippen LogP contribution in [0.25, 0.3) is 32.8 Å². The van der Waals surface area contributed by atoms with E-state index in [0.717, 1.165) is 6.54 Å². The first kappa shape index (κ1) is 21.3. The first-order chi connectivity index (χ1) is 15.8. The van der Waals surface area contributed by atoms with E-state index >= 15 is 4.39 Å². The minimum atomic E-state index is -0.456. The van der Waals surface area contributed by atoms with Crippen LogP contribution < -0.4 is 20.4 Å². The molecule has 2 aromatic carbocycles. The highest BCUT2D eigenvalue weighted by Crippen LogP contribution is 2.39. The van der Waals surface area contributed by atoms with Gasteiger partial charge >= 0.3 is 0 Å². The number of pyridine rings is 1. The maximum atomic E-state index is 16.4. The molecule has 1 aliphatic heterocycles. The molecule has 0 unspecified atom stereocenters. The van der Waals surface area contributed by atoms with Gasteiger partial charge in [0.2, 0.25) is 0 Å². The predicted octanol–water partition coefficient (Wildman–Crippen LogP) is 4.03. The lowest BCUT2D eigenvalue weighted by Gasteiger charge is -2.35. The molecule has 0 bridgehead atoms. The van der Waals surface area contributed by atoms with E-state index in [0.29, 0.717) is 52.0 Å². The lowest BCUT2D eigenvalue weighted by atomic mass is 10.1. The normalized spacial score (nSPS) is 16.8. The van der Waals surface area contributed by atoms with Crippen LogP contribution in [0.1, 0.15) is 32.4 Å². The Labute approximate surface area is 190 Å². The molecule has 0 amide bonds. The Hall–Kier alpha value is -3.57. The summed E-state index contributed by atoms with van der Waals surface area (Å²) in [5, 5.41) is 14.1. The van der Waals surface area contributed by atoms with Gasteiger partial charge in [-0.05, 0) is 39.0 Å². The Morgan fingerprint density at radius 2 is 2.06 bits per heavy atom. The molecule has 2 aromatic heterocycles. The molecule has 2 N–H and O–H groups in total. The molecule has 5 rings (SSSR count). The number of piperazine rings is 1. The van der Waals surface area contributed by atoms with E-state index in [1.54, 1.807) is 24.3 Å². The summed E-state index contributed by atoms with van der Waals surface area (Å²) in [7, 11) is 1.50. The van der Waals surface area contributed by atoms with Gasteiger partial charge in [0.25, 0.3) is 0 Å². The van der Waals surface area contributed by atoms with Crippen molar-refractivity contribution < 1.29 is 9.13 Å². The molecule has 0 spiro atoms. The molecule has 1 atom stereocenters. The van der Waals surface area contributed by atoms with Crippen molar-refractivity contribution in [3.05, 3.63) is 45.9 Å². The predicted molar refractivity (Wildman–Crippen MR) is 129 cm³/mol. The van der Waals surface area contributed by atoms with Crippen molar-refractivity contribution >= 4 is 38.5 Å². The van der Waals surface area contributed by atoms with Crippen LogP contribution in [0.2, 0.25) is 0 Å². The number of nitrogens with one attached hydrogen (secondary N) is 2. The summed E-state index contributed by atoms with van der Waals surface area (Å²) in [5.41, 5.74) is 2.10. The maximum Gasteiger partial charge on any atom is 0.199 e. The minimum Gasteiger partial charge on any atom is -0.494 e. The molecular weight excluding hydrogens is 421 g/mol. The Morgan fingerprint density at radius 1 is 1.27 bits per heavy atom. The van der Waals surface area contributed by atoms with Crippen molar-refractivity contribution in [3.8, 4) is 11.8 Å². The number of aromatic amines is 1. The monoisotopic (exact) mass is 447 g/mol. The average molecular weight is 448 g/mol. The van der Waals surface area contributed by atoms with Crippen LogP contribution in [0, 0.1) is 17.1 Å². The van der Waals surface area contributed by atoms with E-state index in [1.165, 1.54) is 7.11 Å². The molecule has 1 aliphatic rings. The molecule has 0 aliphatic carbocycles. The van der Waals surface area contributed by atoms with Gasteiger partial charge in [-0.25, -0.2) is 4.39 Å². The van der Waals surface area contributed by atoms with Crippen LogP contribution in [0.4, 0.5) is 10.1 Å². The molecule has 4 aromatic rings. The number of halogens is 1. The largest absolute Gasteiger partial charge is 0.494 e. The van der Waals surface area contributed by atoms with Crippen LogP contribution >= 0.6 is 0 Å². The van der Waals surface area contributed by atoms with Crippen LogP contribution in [0.5, 0.6) is 5.75 Å². The number of rotatable bonds is 3. The van der Waals surface area contributed by atoms with E-state index < -0.39 is 5.82 Å². The summed E-state index contributed by atoms with van der Waals surface area (Å²) in [6.07, 6.45) is 0. The summed E-state index contributed by atoms with van der Waals surface area (Å²) < 4.78 is 23.8. The van der Waals surface area contributed by atoms with E-state index in [4.69, 9.17) is 4.74 Å². The molecule has 33 heavy (non-hydrogen) atoms. The summed E-state index contributed by atoms with van der Waals surface area (Å²) in [6, 6.07) is 9.05. The lowest BCUT2D eigenvalue weighted by Crippen LogP contribution is -2.49. The number of fused-ring (bicyclic) bond motifs is 4. The number of benzene rings is 2. The van der Waals surface area contributed by atoms with Crippen LogP contribution in [0.3, 0.4) is 0 Å². The lowest BCUT2D eigenvalue weighted by molar-refractivity contribution is 0.406. The zero-order valence-electron chi connectivity index (χ0n) is 19.1. The van der Waals surface area contributed by atoms with Gasteiger partial charge in [0.15, 0.2) is 11.2 Å². The molecule has 170 valence electrons. The van der Waals surface area contributed by atoms with Crippen molar-refractivity contribution in [1.82, 2.24) is 14.9 Å². The number of hydrogen-bond acceptors (Lipinski definition) is 5. The van der Waals surface area contributed by atoms with Gasteiger partial charge in [0.05, 0.1) is 35.0 Å². The fourth-order valence-electron chi connectivity index (χ4n) is 5.03. The highest BCUT2D eigenvalue weighted by molar-refractivity contribution is 6.10. The fraction of sp³-hybridized carbons (Fsp3) is 0.360. The number of anilines is 1. The van der Waals surface area contributed by atoms with Crippen molar-refractivity contribution in [1.29, 1.82) is 5.26 Å². The van der Waals surface area contributed by atoms with Crippen molar-refractivity contribution in [2.45, 2.75) is 32.9 Å². The van der Waals surface area contributed by atoms with Gasteiger partial charge in [-0.3, -0.25) is 4.79 Å². The van der Waals surface area contributed by atoms with Gasteiger partial charge in [0.1, 0.15) is 17.1 Å². The smallest absolute Gasteiger partial charge is 0.199 e. The first-order valence-corrected chi connectivity index (χ1v) is 11.1. The fourth-order valence-corrected chi connectivity index (χ4v) is 5.03. The zero-order valence-corrected chi connectivity index (χ0v) is 19.1. The van der Waals surface area contributed by atoms with Crippen LogP contribution in [-0.2, 0) is 0 Å². The topological polar surface area (TPSA) is 86.1 Å². The number of methoxy groups -OCH3 is 1. The Kier molecular flexibility index (Phi) is 5.02. The third-order valence-corrected chi connectivity index (χ3v) is 6.46. The standard InChI is InChI=1S/C25H26FN5O2/c1-13(2)31-22-17(10-19(33-4)23(21(22)26)30-8-7-28-14(3)12-30)24(32)20-16-6-5-15(11-27)9-18(16)29-25(20)31/h5-6,9-10,13-14,28-29H,7-8,12H2,1-4H3/t14-/m1/s1. The van der Waals surface area contributed by atoms with Crippen LogP contribution in [0.15, 0.2) is 29.1 Å². The number of hydrogen-bond donors (Lipinski definition) is 2. The molecule has 3 heterocycles. The second-order valence-electron chi connectivity index (χ2n) is 8.95. The highest BCUT2D eigenvalue weighted by atomic mass is 19.1. The highest BCUT2D eigenvalue weighted by Gasteiger charge is 2.28. The van der Waals surface area contributed by atoms with Gasteiger partial charge in [-0.2, -0.15) is 5.26 Å². The molecule has 0 saturated carbocycles. The summed E-state index contributed by atoms with van der Waals surface area (Å²) >= 11 is 0. The molecule has 0 radical (unpaired) electrons. The van der Waals surface area contributed by atoms with Gasteiger partial charge in [-0.1, -0.05) is 6.07 Å². The summed E-state index contributed by atoms with van der Waals surface area (Å²) in [6.45, 7) is 8.00. The average Bonchev–Trinajstić information content (AvgIpc) is 3.17. The Balaban J connectivity index is 1.94. The van der Waals surface area contributed by atoms with Crippen molar-refractivity contribution in [2.24, 2.45) is 0 Å². The third kappa shape index (κ3) is 3.15. The number of nitrogens with zero attached hydrogens (tertiary/aromatic N) is 3. The maximum absolute atomic E-state index is 16.4. The Bertz CT molecular complexity index is 1510. The minimum absolute atomic E-state index is 0.128. The molecule has 7 nitrogen and oxygen atoms in total. The SMILES string of the molecule is COc1cc2c(=O)c3c4ccc(C#N)cc4[nH]c3n(C(C)C)c2c(F)c1N1CCN[C@H](C)C1. The molecule has 1 saturated heterocycles. The number of aromatic nitrogens is 2. The second-order valence-corrected chi connectivity index (χ2v) is 8.95. The van der Waals surface area contributed by atoms with E-state index in [9.17, 15) is 10.1 Å². The molecular formula is C25H26FN5O2. The van der Waals surface area contributed by atoms with Gasteiger partial charge in [-0.15, -0.1) is 0 Å². The molecule has 8 heteroatoms. The second kappa shape index (κ2) is 7.78. The van der Waals surface area contributed by atoms with Gasteiger partial charge in [0, 0.05) is 42.6 Å². The van der Waals surface area contributed by atoms with E-state index in [-0.39, 0.29) is 28.4 Å². The summed E-state index contributed by atoms with van der Waals surface area (Å²) in [4.78, 5) is 19.0. The summed E-state index contributed by atoms with van der Waals surface area (Å²) in [5.74, 6) is -0.102. The van der Waals surface area contributed by atoms with Gasteiger partial charge < -0.3 is 24.5 Å². The van der Waals surface area contributed by atoms with E-state index in [2.05, 4.69) is 23.3 Å². The number of H-pyrrole nitrogens is 1. The third-order valence-electron chi connectivity index (χ3n) is 6.46. The quantitative estimate of drug-likeness (QED) is 0.495. The number of ether oxygens (including phenoxy) is 1. The van der Waals surface area contributed by atoms with Crippen molar-refractivity contribution in [2.75, 3.05) is 31.6 Å².